The van der Waals surface area contributed by atoms with Crippen LogP contribution in [0.1, 0.15) is 15.9 Å². The molecule has 1 N–H and O–H groups in total. The monoisotopic (exact) mass is 368 g/mol. The van der Waals surface area contributed by atoms with Gasteiger partial charge in [0.15, 0.2) is 0 Å². The van der Waals surface area contributed by atoms with Gasteiger partial charge in [0.25, 0.3) is 0 Å². The molecule has 2 aromatic rings. The smallest absolute Gasteiger partial charge is 0.248 e. The molecule has 23 heavy (non-hydrogen) atoms. The summed E-state index contributed by atoms with van der Waals surface area (Å²) in [7, 11) is 0. The molecular weight excluding hydrogens is 361 g/mol. The molecule has 0 radical (unpaired) electrons. The van der Waals surface area contributed by atoms with E-state index in [-0.39, 0.29) is 16.3 Å². The lowest BCUT2D eigenvalue weighted by Gasteiger charge is -2.08. The molecule has 1 amide bonds. The lowest BCUT2D eigenvalue weighted by Crippen LogP contribution is -2.23. The molecule has 2 rings (SSSR count). The van der Waals surface area contributed by atoms with Crippen molar-refractivity contribution in [3.8, 4) is 0 Å². The second-order valence-corrected chi connectivity index (χ2v) is 5.72. The van der Waals surface area contributed by atoms with E-state index in [4.69, 9.17) is 34.8 Å². The number of nitrogens with one attached hydrogen (secondary N) is 1. The first-order valence-electron chi connectivity index (χ1n) is 6.32. The van der Waals surface area contributed by atoms with Crippen molar-refractivity contribution in [3.05, 3.63) is 68.7 Å². The molecule has 0 aliphatic heterocycles. The van der Waals surface area contributed by atoms with Crippen molar-refractivity contribution >= 4 is 58.4 Å². The van der Waals surface area contributed by atoms with Gasteiger partial charge in [-0.05, 0) is 42.0 Å². The predicted octanol–water partition coefficient (Wildman–Crippen LogP) is 3.66. The SMILES string of the molecule is O=C(/C=C/c1ccc(Cl)cc1Cl)Nc1ccc(Cl)c(C(=O)[O-])c1. The maximum atomic E-state index is 11.9. The van der Waals surface area contributed by atoms with Gasteiger partial charge in [-0.1, -0.05) is 40.9 Å². The van der Waals surface area contributed by atoms with Crippen LogP contribution in [0.25, 0.3) is 6.08 Å². The maximum absolute atomic E-state index is 11.9. The Morgan fingerprint density at radius 1 is 1.00 bits per heavy atom. The van der Waals surface area contributed by atoms with Crippen LogP contribution in [-0.2, 0) is 4.79 Å². The average Bonchev–Trinajstić information content (AvgIpc) is 2.48. The fourth-order valence-electron chi connectivity index (χ4n) is 1.75. The molecule has 0 unspecified atom stereocenters. The van der Waals surface area contributed by atoms with Crippen LogP contribution in [-0.4, -0.2) is 11.9 Å². The lowest BCUT2D eigenvalue weighted by atomic mass is 10.2. The third-order valence-electron chi connectivity index (χ3n) is 2.83. The predicted molar refractivity (Wildman–Crippen MR) is 89.9 cm³/mol. The van der Waals surface area contributed by atoms with E-state index in [0.29, 0.717) is 15.6 Å². The number of carbonyl (C=O) groups excluding carboxylic acids is 2. The Bertz CT molecular complexity index is 803. The Morgan fingerprint density at radius 3 is 2.39 bits per heavy atom. The minimum Gasteiger partial charge on any atom is -0.545 e. The summed E-state index contributed by atoms with van der Waals surface area (Å²) in [6.45, 7) is 0. The molecule has 0 fully saturated rings. The molecule has 0 aromatic heterocycles. The number of aromatic carboxylic acids is 1. The van der Waals surface area contributed by atoms with E-state index in [9.17, 15) is 14.7 Å². The van der Waals surface area contributed by atoms with Crippen LogP contribution in [0.3, 0.4) is 0 Å². The van der Waals surface area contributed by atoms with Gasteiger partial charge in [0.05, 0.1) is 5.97 Å². The summed E-state index contributed by atoms with van der Waals surface area (Å²) in [4.78, 5) is 22.8. The summed E-state index contributed by atoms with van der Waals surface area (Å²) in [5, 5.41) is 14.3. The van der Waals surface area contributed by atoms with Crippen molar-refractivity contribution in [1.82, 2.24) is 0 Å². The van der Waals surface area contributed by atoms with Gasteiger partial charge in [0.1, 0.15) is 0 Å². The second-order valence-electron chi connectivity index (χ2n) is 4.47. The van der Waals surface area contributed by atoms with Crippen LogP contribution < -0.4 is 10.4 Å². The number of rotatable bonds is 4. The topological polar surface area (TPSA) is 69.2 Å². The molecular formula is C16H9Cl3NO3-. The molecule has 0 heterocycles. The Hall–Kier alpha value is -2.01. The Labute approximate surface area is 147 Å². The van der Waals surface area contributed by atoms with Gasteiger partial charge in [-0.3, -0.25) is 4.79 Å². The minimum atomic E-state index is -1.42. The molecule has 0 aliphatic carbocycles. The quantitative estimate of drug-likeness (QED) is 0.836. The average molecular weight is 370 g/mol. The summed E-state index contributed by atoms with van der Waals surface area (Å²) in [6, 6.07) is 8.95. The molecule has 0 aliphatic rings. The number of hydrogen-bond donors (Lipinski definition) is 1. The third-order valence-corrected chi connectivity index (χ3v) is 3.72. The molecule has 0 atom stereocenters. The van der Waals surface area contributed by atoms with Gasteiger partial charge in [-0.15, -0.1) is 0 Å². The number of carboxylic acids is 1. The summed E-state index contributed by atoms with van der Waals surface area (Å²) in [5.41, 5.74) is 0.706. The van der Waals surface area contributed by atoms with Crippen molar-refractivity contribution in [2.75, 3.05) is 5.32 Å². The van der Waals surface area contributed by atoms with Crippen LogP contribution in [0.4, 0.5) is 5.69 Å². The van der Waals surface area contributed by atoms with Gasteiger partial charge < -0.3 is 15.2 Å². The van der Waals surface area contributed by atoms with Crippen LogP contribution in [0.5, 0.6) is 0 Å². The maximum Gasteiger partial charge on any atom is 0.248 e. The first kappa shape index (κ1) is 17.3. The van der Waals surface area contributed by atoms with Gasteiger partial charge in [-0.2, -0.15) is 0 Å². The number of carboxylic acid groups (broad SMARTS) is 1. The van der Waals surface area contributed by atoms with Crippen LogP contribution in [0, 0.1) is 0 Å². The van der Waals surface area contributed by atoms with E-state index >= 15 is 0 Å². The van der Waals surface area contributed by atoms with Crippen LogP contribution in [0.15, 0.2) is 42.5 Å². The Kier molecular flexibility index (Phi) is 5.66. The molecule has 2 aromatic carbocycles. The summed E-state index contributed by atoms with van der Waals surface area (Å²) >= 11 is 17.5. The van der Waals surface area contributed by atoms with E-state index in [1.54, 1.807) is 18.2 Å². The first-order chi connectivity index (χ1) is 10.9. The van der Waals surface area contributed by atoms with E-state index in [2.05, 4.69) is 5.32 Å². The summed E-state index contributed by atoms with van der Waals surface area (Å²) < 4.78 is 0. The van der Waals surface area contributed by atoms with Crippen LogP contribution in [0.2, 0.25) is 15.1 Å². The van der Waals surface area contributed by atoms with Crippen molar-refractivity contribution in [2.45, 2.75) is 0 Å². The van der Waals surface area contributed by atoms with Gasteiger partial charge >= 0.3 is 0 Å². The molecule has 0 bridgehead atoms. The molecule has 0 spiro atoms. The molecule has 0 saturated carbocycles. The Morgan fingerprint density at radius 2 is 1.74 bits per heavy atom. The van der Waals surface area contributed by atoms with Crippen molar-refractivity contribution in [3.63, 3.8) is 0 Å². The zero-order valence-corrected chi connectivity index (χ0v) is 13.7. The summed E-state index contributed by atoms with van der Waals surface area (Å²) in [6.07, 6.45) is 2.78. The normalized spacial score (nSPS) is 10.7. The number of benzene rings is 2. The molecule has 7 heteroatoms. The highest BCUT2D eigenvalue weighted by molar-refractivity contribution is 6.35. The minimum absolute atomic E-state index is 0.0338. The zero-order chi connectivity index (χ0) is 17.0. The van der Waals surface area contributed by atoms with Gasteiger partial charge in [-0.25, -0.2) is 0 Å². The number of carbonyl (C=O) groups is 2. The van der Waals surface area contributed by atoms with E-state index in [1.165, 1.54) is 30.4 Å². The lowest BCUT2D eigenvalue weighted by molar-refractivity contribution is -0.255. The highest BCUT2D eigenvalue weighted by atomic mass is 35.5. The number of amides is 1. The Balaban J connectivity index is 2.12. The standard InChI is InChI=1S/C16H10Cl3NO3/c17-10-3-1-9(14(19)7-10)2-6-15(21)20-11-4-5-13(18)12(8-11)16(22)23/h1-8H,(H,20,21)(H,22,23)/p-1/b6-2+. The van der Waals surface area contributed by atoms with Crippen molar-refractivity contribution in [2.24, 2.45) is 0 Å². The van der Waals surface area contributed by atoms with Gasteiger partial charge in [0.2, 0.25) is 5.91 Å². The number of hydrogen-bond acceptors (Lipinski definition) is 3. The molecule has 118 valence electrons. The van der Waals surface area contributed by atoms with E-state index < -0.39 is 11.9 Å². The highest BCUT2D eigenvalue weighted by Gasteiger charge is 2.05. The van der Waals surface area contributed by atoms with Crippen LogP contribution >= 0.6 is 34.8 Å². The fourth-order valence-corrected chi connectivity index (χ4v) is 2.41. The van der Waals surface area contributed by atoms with Gasteiger partial charge in [0, 0.05) is 32.4 Å². The summed E-state index contributed by atoms with van der Waals surface area (Å²) in [5.74, 6) is -1.88. The van der Waals surface area contributed by atoms with E-state index in [1.807, 2.05) is 0 Å². The van der Waals surface area contributed by atoms with Crippen molar-refractivity contribution < 1.29 is 14.7 Å². The first-order valence-corrected chi connectivity index (χ1v) is 7.45. The zero-order valence-electron chi connectivity index (χ0n) is 11.5. The third kappa shape index (κ3) is 4.73. The molecule has 4 nitrogen and oxygen atoms in total. The second kappa shape index (κ2) is 7.51. The largest absolute Gasteiger partial charge is 0.545 e. The highest BCUT2D eigenvalue weighted by Crippen LogP contribution is 2.22. The number of halogens is 3. The molecule has 0 saturated heterocycles. The van der Waals surface area contributed by atoms with Crippen molar-refractivity contribution in [1.29, 1.82) is 0 Å². The number of anilines is 1. The fraction of sp³-hybridized carbons (Fsp3) is 0. The van der Waals surface area contributed by atoms with E-state index in [0.717, 1.165) is 0 Å².